The molecule has 0 radical (unpaired) electrons. The molecule has 0 saturated carbocycles. The lowest BCUT2D eigenvalue weighted by Crippen LogP contribution is -2.35. The number of benzene rings is 1. The normalized spacial score (nSPS) is 12.2. The number of aliphatic hydroxyl groups is 1. The highest BCUT2D eigenvalue weighted by atomic mass is 16.5. The third-order valence-corrected chi connectivity index (χ3v) is 2.41. The summed E-state index contributed by atoms with van der Waals surface area (Å²) in [6.45, 7) is 4.84. The molecule has 4 heteroatoms. The molecule has 0 aliphatic carbocycles. The lowest BCUT2D eigenvalue weighted by atomic mass is 10.2. The fourth-order valence-corrected chi connectivity index (χ4v) is 1.42. The minimum Gasteiger partial charge on any atom is -0.491 e. The molecule has 0 fully saturated rings. The molecular weight excluding hydrogens is 228 g/mol. The Morgan fingerprint density at radius 1 is 1.33 bits per heavy atom. The van der Waals surface area contributed by atoms with E-state index < -0.39 is 6.10 Å². The first-order chi connectivity index (χ1) is 8.61. The molecular formula is C14H20N2O2. The number of nitriles is 1. The van der Waals surface area contributed by atoms with Gasteiger partial charge in [0.25, 0.3) is 0 Å². The summed E-state index contributed by atoms with van der Waals surface area (Å²) in [6.07, 6.45) is -0.118. The van der Waals surface area contributed by atoms with Gasteiger partial charge in [-0.3, -0.25) is 0 Å². The van der Waals surface area contributed by atoms with E-state index >= 15 is 0 Å². The highest BCUT2D eigenvalue weighted by Crippen LogP contribution is 2.12. The predicted molar refractivity (Wildman–Crippen MR) is 70.4 cm³/mol. The standard InChI is InChI=1S/C14H20N2O2/c1-11(2)16-9-13(17)10-18-14-5-3-12(4-6-14)7-8-15/h3-6,11,13,16-17H,7,9-10H2,1-2H3/t13-/m1/s1. The van der Waals surface area contributed by atoms with Crippen molar-refractivity contribution in [2.24, 2.45) is 0 Å². The van der Waals surface area contributed by atoms with Crippen LogP contribution in [0, 0.1) is 11.3 Å². The molecule has 0 aromatic heterocycles. The predicted octanol–water partition coefficient (Wildman–Crippen LogP) is 1.49. The van der Waals surface area contributed by atoms with Gasteiger partial charge in [0.2, 0.25) is 0 Å². The first kappa shape index (κ1) is 14.5. The van der Waals surface area contributed by atoms with E-state index in [0.29, 0.717) is 24.8 Å². The smallest absolute Gasteiger partial charge is 0.119 e. The second kappa shape index (κ2) is 7.70. The van der Waals surface area contributed by atoms with E-state index in [4.69, 9.17) is 10.00 Å². The fraction of sp³-hybridized carbons (Fsp3) is 0.500. The SMILES string of the molecule is CC(C)NC[C@@H](O)COc1ccc(CC#N)cc1. The Morgan fingerprint density at radius 3 is 2.56 bits per heavy atom. The van der Waals surface area contributed by atoms with Crippen molar-refractivity contribution < 1.29 is 9.84 Å². The van der Waals surface area contributed by atoms with Gasteiger partial charge in [-0.05, 0) is 17.7 Å². The number of nitrogens with one attached hydrogen (secondary N) is 1. The van der Waals surface area contributed by atoms with E-state index in [1.165, 1.54) is 0 Å². The first-order valence-corrected chi connectivity index (χ1v) is 6.12. The summed E-state index contributed by atoms with van der Waals surface area (Å²) < 4.78 is 5.46. The van der Waals surface area contributed by atoms with Crippen molar-refractivity contribution in [2.75, 3.05) is 13.2 Å². The Balaban J connectivity index is 2.32. The van der Waals surface area contributed by atoms with Crippen LogP contribution in [-0.4, -0.2) is 30.4 Å². The number of hydrogen-bond donors (Lipinski definition) is 2. The maximum absolute atomic E-state index is 9.67. The molecule has 2 N–H and O–H groups in total. The Bertz CT molecular complexity index is 382. The second-order valence-corrected chi connectivity index (χ2v) is 4.51. The van der Waals surface area contributed by atoms with Crippen molar-refractivity contribution >= 4 is 0 Å². The zero-order chi connectivity index (χ0) is 13.4. The van der Waals surface area contributed by atoms with Crippen molar-refractivity contribution in [2.45, 2.75) is 32.4 Å². The van der Waals surface area contributed by atoms with Crippen molar-refractivity contribution in [3.05, 3.63) is 29.8 Å². The Kier molecular flexibility index (Phi) is 6.20. The van der Waals surface area contributed by atoms with E-state index in [2.05, 4.69) is 11.4 Å². The van der Waals surface area contributed by atoms with E-state index in [9.17, 15) is 5.11 Å². The lowest BCUT2D eigenvalue weighted by molar-refractivity contribution is 0.104. The Morgan fingerprint density at radius 2 is 2.00 bits per heavy atom. The lowest BCUT2D eigenvalue weighted by Gasteiger charge is -2.15. The molecule has 0 unspecified atom stereocenters. The number of nitrogens with zero attached hydrogens (tertiary/aromatic N) is 1. The minimum absolute atomic E-state index is 0.261. The van der Waals surface area contributed by atoms with Gasteiger partial charge in [-0.15, -0.1) is 0 Å². The number of ether oxygens (including phenoxy) is 1. The summed E-state index contributed by atoms with van der Waals surface area (Å²) in [5.74, 6) is 0.709. The van der Waals surface area contributed by atoms with Crippen LogP contribution in [0.15, 0.2) is 24.3 Å². The van der Waals surface area contributed by atoms with E-state index in [1.54, 1.807) is 0 Å². The van der Waals surface area contributed by atoms with Gasteiger partial charge in [0.05, 0.1) is 12.5 Å². The molecule has 0 heterocycles. The van der Waals surface area contributed by atoms with E-state index in [1.807, 2.05) is 38.1 Å². The van der Waals surface area contributed by atoms with Gasteiger partial charge < -0.3 is 15.2 Å². The van der Waals surface area contributed by atoms with Crippen LogP contribution in [0.1, 0.15) is 19.4 Å². The topological polar surface area (TPSA) is 65.3 Å². The fourth-order valence-electron chi connectivity index (χ4n) is 1.42. The van der Waals surface area contributed by atoms with Gasteiger partial charge in [0.15, 0.2) is 0 Å². The molecule has 1 rings (SSSR count). The number of rotatable bonds is 7. The maximum Gasteiger partial charge on any atom is 0.119 e. The highest BCUT2D eigenvalue weighted by molar-refractivity contribution is 5.28. The third-order valence-electron chi connectivity index (χ3n) is 2.41. The molecule has 18 heavy (non-hydrogen) atoms. The molecule has 0 spiro atoms. The van der Waals surface area contributed by atoms with Gasteiger partial charge >= 0.3 is 0 Å². The van der Waals surface area contributed by atoms with Gasteiger partial charge in [0, 0.05) is 12.6 Å². The zero-order valence-electron chi connectivity index (χ0n) is 10.9. The molecule has 0 aliphatic heterocycles. The molecule has 1 atom stereocenters. The first-order valence-electron chi connectivity index (χ1n) is 6.12. The van der Waals surface area contributed by atoms with Crippen LogP contribution in [0.3, 0.4) is 0 Å². The monoisotopic (exact) mass is 248 g/mol. The Hall–Kier alpha value is -1.57. The molecule has 98 valence electrons. The zero-order valence-corrected chi connectivity index (χ0v) is 10.9. The quantitative estimate of drug-likeness (QED) is 0.767. The second-order valence-electron chi connectivity index (χ2n) is 4.51. The van der Waals surface area contributed by atoms with Gasteiger partial charge in [-0.25, -0.2) is 0 Å². The van der Waals surface area contributed by atoms with E-state index in [-0.39, 0.29) is 6.61 Å². The molecule has 0 bridgehead atoms. The van der Waals surface area contributed by atoms with Crippen LogP contribution >= 0.6 is 0 Å². The molecule has 1 aromatic carbocycles. The Labute approximate surface area is 108 Å². The summed E-state index contributed by atoms with van der Waals surface area (Å²) in [6, 6.07) is 9.79. The molecule has 1 aromatic rings. The maximum atomic E-state index is 9.67. The molecule has 0 aliphatic rings. The van der Waals surface area contributed by atoms with Crippen LogP contribution < -0.4 is 10.1 Å². The summed E-state index contributed by atoms with van der Waals surface area (Å²) in [7, 11) is 0. The van der Waals surface area contributed by atoms with Crippen LogP contribution in [-0.2, 0) is 6.42 Å². The summed E-state index contributed by atoms with van der Waals surface area (Å²) in [5.41, 5.74) is 0.965. The summed E-state index contributed by atoms with van der Waals surface area (Å²) in [4.78, 5) is 0. The van der Waals surface area contributed by atoms with Crippen LogP contribution in [0.2, 0.25) is 0 Å². The number of aliphatic hydroxyl groups excluding tert-OH is 1. The van der Waals surface area contributed by atoms with Crippen LogP contribution in [0.4, 0.5) is 0 Å². The average Bonchev–Trinajstić information content (AvgIpc) is 2.36. The van der Waals surface area contributed by atoms with Gasteiger partial charge in [0.1, 0.15) is 18.5 Å². The summed E-state index contributed by atoms with van der Waals surface area (Å²) in [5, 5.41) is 21.4. The van der Waals surface area contributed by atoms with E-state index in [0.717, 1.165) is 5.56 Å². The van der Waals surface area contributed by atoms with Crippen molar-refractivity contribution in [3.8, 4) is 11.8 Å². The molecule has 4 nitrogen and oxygen atoms in total. The molecule has 0 saturated heterocycles. The number of hydrogen-bond acceptors (Lipinski definition) is 4. The highest BCUT2D eigenvalue weighted by Gasteiger charge is 2.05. The van der Waals surface area contributed by atoms with Gasteiger partial charge in [-0.2, -0.15) is 5.26 Å². The molecule has 0 amide bonds. The average molecular weight is 248 g/mol. The summed E-state index contributed by atoms with van der Waals surface area (Å²) >= 11 is 0. The van der Waals surface area contributed by atoms with Crippen LogP contribution in [0.5, 0.6) is 5.75 Å². The largest absolute Gasteiger partial charge is 0.491 e. The van der Waals surface area contributed by atoms with Crippen LogP contribution in [0.25, 0.3) is 0 Å². The van der Waals surface area contributed by atoms with Gasteiger partial charge in [-0.1, -0.05) is 26.0 Å². The minimum atomic E-state index is -0.522. The van der Waals surface area contributed by atoms with Crippen molar-refractivity contribution in [3.63, 3.8) is 0 Å². The van der Waals surface area contributed by atoms with Crippen molar-refractivity contribution in [1.29, 1.82) is 5.26 Å². The van der Waals surface area contributed by atoms with Crippen molar-refractivity contribution in [1.82, 2.24) is 5.32 Å². The third kappa shape index (κ3) is 5.67.